The van der Waals surface area contributed by atoms with Gasteiger partial charge in [-0.05, 0) is 25.1 Å². The number of thioether (sulfide) groups is 1. The van der Waals surface area contributed by atoms with Gasteiger partial charge in [0.25, 0.3) is 0 Å². The average Bonchev–Trinajstić information content (AvgIpc) is 2.76. The maximum absolute atomic E-state index is 12.3. The fourth-order valence-corrected chi connectivity index (χ4v) is 3.59. The van der Waals surface area contributed by atoms with Gasteiger partial charge < -0.3 is 4.90 Å². The second-order valence-corrected chi connectivity index (χ2v) is 6.96. The van der Waals surface area contributed by atoms with Crippen LogP contribution >= 0.6 is 27.7 Å². The van der Waals surface area contributed by atoms with Crippen molar-refractivity contribution in [2.75, 3.05) is 11.9 Å². The number of anilines is 1. The zero-order chi connectivity index (χ0) is 15.0. The molecule has 106 valence electrons. The van der Waals surface area contributed by atoms with Crippen molar-refractivity contribution in [3.8, 4) is 0 Å². The van der Waals surface area contributed by atoms with E-state index in [4.69, 9.17) is 0 Å². The molecular formula is C17H14BrNOS. The van der Waals surface area contributed by atoms with Crippen LogP contribution in [0, 0.1) is 6.92 Å². The lowest BCUT2D eigenvalue weighted by molar-refractivity contribution is 0.104. The largest absolute Gasteiger partial charge is 0.338 e. The van der Waals surface area contributed by atoms with Gasteiger partial charge in [-0.25, -0.2) is 0 Å². The van der Waals surface area contributed by atoms with E-state index in [1.54, 1.807) is 17.8 Å². The zero-order valence-electron chi connectivity index (χ0n) is 11.8. The van der Waals surface area contributed by atoms with Gasteiger partial charge in [0.15, 0.2) is 5.78 Å². The number of rotatable bonds is 2. The van der Waals surface area contributed by atoms with Crippen LogP contribution in [0.25, 0.3) is 0 Å². The predicted octanol–water partition coefficient (Wildman–Crippen LogP) is 5.02. The van der Waals surface area contributed by atoms with Crippen LogP contribution in [-0.4, -0.2) is 12.8 Å². The molecule has 1 heterocycles. The van der Waals surface area contributed by atoms with Crippen molar-refractivity contribution in [2.24, 2.45) is 0 Å². The van der Waals surface area contributed by atoms with E-state index >= 15 is 0 Å². The van der Waals surface area contributed by atoms with E-state index < -0.39 is 0 Å². The summed E-state index contributed by atoms with van der Waals surface area (Å²) in [5.74, 6) is 0.0382. The summed E-state index contributed by atoms with van der Waals surface area (Å²) in [6.45, 7) is 2.02. The molecule has 21 heavy (non-hydrogen) atoms. The number of ketones is 1. The van der Waals surface area contributed by atoms with E-state index in [1.165, 1.54) is 4.90 Å². The lowest BCUT2D eigenvalue weighted by Crippen LogP contribution is -2.11. The molecule has 0 aromatic heterocycles. The number of hydrogen-bond acceptors (Lipinski definition) is 3. The minimum absolute atomic E-state index is 0.0382. The normalized spacial score (nSPS) is 15.4. The monoisotopic (exact) mass is 359 g/mol. The smallest absolute Gasteiger partial charge is 0.188 e. The van der Waals surface area contributed by atoms with Crippen molar-refractivity contribution in [1.29, 1.82) is 0 Å². The van der Waals surface area contributed by atoms with Gasteiger partial charge in [0.05, 0.1) is 10.7 Å². The summed E-state index contributed by atoms with van der Waals surface area (Å²) in [6.07, 6.45) is 1.71. The molecule has 0 N–H and O–H groups in total. The molecule has 4 heteroatoms. The van der Waals surface area contributed by atoms with Crippen LogP contribution in [0.15, 0.2) is 62.9 Å². The quantitative estimate of drug-likeness (QED) is 0.554. The number of aryl methyl sites for hydroxylation is 1. The molecule has 2 aromatic rings. The fourth-order valence-electron chi connectivity index (χ4n) is 2.18. The molecule has 0 unspecified atom stereocenters. The van der Waals surface area contributed by atoms with Gasteiger partial charge in [0.2, 0.25) is 0 Å². The second-order valence-electron chi connectivity index (χ2n) is 4.99. The maximum Gasteiger partial charge on any atom is 0.188 e. The van der Waals surface area contributed by atoms with Gasteiger partial charge in [0.1, 0.15) is 0 Å². The van der Waals surface area contributed by atoms with Crippen molar-refractivity contribution in [3.63, 3.8) is 0 Å². The molecule has 0 spiro atoms. The van der Waals surface area contributed by atoms with Crippen molar-refractivity contribution in [1.82, 2.24) is 0 Å². The fraction of sp³-hybridized carbons (Fsp3) is 0.118. The third-order valence-electron chi connectivity index (χ3n) is 3.42. The van der Waals surface area contributed by atoms with Gasteiger partial charge in [-0.1, -0.05) is 57.5 Å². The minimum Gasteiger partial charge on any atom is -0.338 e. The molecule has 0 atom stereocenters. The Kier molecular flexibility index (Phi) is 3.91. The van der Waals surface area contributed by atoms with Gasteiger partial charge in [-0.3, -0.25) is 4.79 Å². The highest BCUT2D eigenvalue weighted by Gasteiger charge is 2.23. The van der Waals surface area contributed by atoms with E-state index in [-0.39, 0.29) is 5.78 Å². The van der Waals surface area contributed by atoms with Crippen molar-refractivity contribution >= 4 is 39.2 Å². The Morgan fingerprint density at radius 1 is 1.19 bits per heavy atom. The predicted molar refractivity (Wildman–Crippen MR) is 92.0 cm³/mol. The highest BCUT2D eigenvalue weighted by molar-refractivity contribution is 9.10. The van der Waals surface area contributed by atoms with Crippen LogP contribution in [-0.2, 0) is 0 Å². The first-order chi connectivity index (χ1) is 10.0. The lowest BCUT2D eigenvalue weighted by Gasteiger charge is -2.13. The van der Waals surface area contributed by atoms with Crippen LogP contribution in [0.5, 0.6) is 0 Å². The van der Waals surface area contributed by atoms with Crippen LogP contribution in [0.1, 0.15) is 15.9 Å². The minimum atomic E-state index is 0.0382. The summed E-state index contributed by atoms with van der Waals surface area (Å²) in [6, 6.07) is 13.8. The first kappa shape index (κ1) is 14.4. The van der Waals surface area contributed by atoms with Crippen LogP contribution in [0.2, 0.25) is 0 Å². The Morgan fingerprint density at radius 2 is 1.90 bits per heavy atom. The topological polar surface area (TPSA) is 20.3 Å². The molecule has 2 aromatic carbocycles. The molecule has 2 nitrogen and oxygen atoms in total. The highest BCUT2D eigenvalue weighted by Crippen LogP contribution is 2.45. The van der Waals surface area contributed by atoms with E-state index in [1.807, 2.05) is 44.3 Å². The molecule has 0 amide bonds. The first-order valence-electron chi connectivity index (χ1n) is 6.58. The van der Waals surface area contributed by atoms with Gasteiger partial charge in [-0.15, -0.1) is 0 Å². The number of hydrogen-bond donors (Lipinski definition) is 0. The number of allylic oxidation sites excluding steroid dienone is 1. The van der Waals surface area contributed by atoms with E-state index in [0.29, 0.717) is 0 Å². The van der Waals surface area contributed by atoms with Gasteiger partial charge in [0, 0.05) is 28.1 Å². The molecule has 0 bridgehead atoms. The molecule has 3 rings (SSSR count). The van der Waals surface area contributed by atoms with E-state index in [2.05, 4.69) is 33.0 Å². The zero-order valence-corrected chi connectivity index (χ0v) is 14.2. The summed E-state index contributed by atoms with van der Waals surface area (Å²) in [7, 11) is 1.99. The molecular weight excluding hydrogens is 346 g/mol. The molecule has 1 aliphatic heterocycles. The van der Waals surface area contributed by atoms with Gasteiger partial charge in [-0.2, -0.15) is 0 Å². The Labute approximate surface area is 137 Å². The Bertz CT molecular complexity index is 737. The number of carbonyl (C=O) groups is 1. The lowest BCUT2D eigenvalue weighted by atomic mass is 10.1. The van der Waals surface area contributed by atoms with Crippen LogP contribution in [0.4, 0.5) is 5.69 Å². The number of halogens is 1. The summed E-state index contributed by atoms with van der Waals surface area (Å²) in [4.78, 5) is 15.6. The SMILES string of the molecule is Cc1ccc(C(=O)/C=C2/Sc3ccc(Br)cc3N2C)cc1. The summed E-state index contributed by atoms with van der Waals surface area (Å²) >= 11 is 5.11. The molecule has 0 saturated carbocycles. The molecule has 0 aliphatic carbocycles. The number of benzene rings is 2. The Hall–Kier alpha value is -1.52. The molecule has 0 saturated heterocycles. The van der Waals surface area contributed by atoms with Crippen LogP contribution in [0.3, 0.4) is 0 Å². The standard InChI is InChI=1S/C17H14BrNOS/c1-11-3-5-12(6-4-11)15(20)10-17-19(2)14-9-13(18)7-8-16(14)21-17/h3-10H,1-2H3/b17-10+. The number of fused-ring (bicyclic) bond motifs is 1. The van der Waals surface area contributed by atoms with Crippen molar-refractivity contribution in [3.05, 3.63) is 69.2 Å². The third kappa shape index (κ3) is 2.92. The summed E-state index contributed by atoms with van der Waals surface area (Å²) in [5, 5.41) is 0.952. The number of carbonyl (C=O) groups excluding carboxylic acids is 1. The second kappa shape index (κ2) is 5.70. The maximum atomic E-state index is 12.3. The average molecular weight is 360 g/mol. The van der Waals surface area contributed by atoms with Crippen molar-refractivity contribution < 1.29 is 4.79 Å². The summed E-state index contributed by atoms with van der Waals surface area (Å²) in [5.41, 5.74) is 3.00. The van der Waals surface area contributed by atoms with E-state index in [0.717, 1.165) is 26.3 Å². The third-order valence-corrected chi connectivity index (χ3v) is 5.08. The van der Waals surface area contributed by atoms with E-state index in [9.17, 15) is 4.79 Å². The van der Waals surface area contributed by atoms with Crippen molar-refractivity contribution in [2.45, 2.75) is 11.8 Å². The summed E-state index contributed by atoms with van der Waals surface area (Å²) < 4.78 is 1.04. The molecule has 0 radical (unpaired) electrons. The first-order valence-corrected chi connectivity index (χ1v) is 8.19. The molecule has 1 aliphatic rings. The molecule has 0 fully saturated rings. The Morgan fingerprint density at radius 3 is 2.62 bits per heavy atom. The Balaban J connectivity index is 1.88. The van der Waals surface area contributed by atoms with Crippen LogP contribution < -0.4 is 4.90 Å². The number of nitrogens with zero attached hydrogens (tertiary/aromatic N) is 1. The highest BCUT2D eigenvalue weighted by atomic mass is 79.9. The van der Waals surface area contributed by atoms with Gasteiger partial charge >= 0.3 is 0 Å².